The second-order valence-corrected chi connectivity index (χ2v) is 8.77. The van der Waals surface area contributed by atoms with Crippen molar-refractivity contribution in [3.8, 4) is 17.2 Å². The number of para-hydroxylation sites is 4. The van der Waals surface area contributed by atoms with Crippen LogP contribution in [0.25, 0.3) is 0 Å². The van der Waals surface area contributed by atoms with Crippen molar-refractivity contribution in [1.82, 2.24) is 0 Å². The molecule has 33 heavy (non-hydrogen) atoms. The van der Waals surface area contributed by atoms with Gasteiger partial charge in [0.25, 0.3) is 15.7 Å². The minimum atomic E-state index is -4.20. The van der Waals surface area contributed by atoms with Gasteiger partial charge in [0.05, 0.1) is 30.0 Å². The second kappa shape index (κ2) is 9.25. The Morgan fingerprint density at radius 3 is 2.55 bits per heavy atom. The Bertz CT molecular complexity index is 1280. The van der Waals surface area contributed by atoms with Crippen LogP contribution in [0.3, 0.4) is 0 Å². The molecule has 4 rings (SSSR count). The van der Waals surface area contributed by atoms with E-state index in [2.05, 4.69) is 10.0 Å². The molecule has 0 amide bonds. The van der Waals surface area contributed by atoms with Crippen LogP contribution < -0.4 is 24.2 Å². The molecule has 11 heteroatoms. The van der Waals surface area contributed by atoms with Crippen molar-refractivity contribution in [3.05, 3.63) is 76.8 Å². The van der Waals surface area contributed by atoms with Crippen molar-refractivity contribution in [2.24, 2.45) is 0 Å². The topological polar surface area (TPSA) is 129 Å². The quantitative estimate of drug-likeness (QED) is 0.376. The fourth-order valence-corrected chi connectivity index (χ4v) is 4.58. The lowest BCUT2D eigenvalue weighted by atomic mass is 10.2. The van der Waals surface area contributed by atoms with Crippen LogP contribution >= 0.6 is 0 Å². The molecule has 1 heterocycles. The van der Waals surface area contributed by atoms with Gasteiger partial charge in [-0.05, 0) is 30.3 Å². The van der Waals surface area contributed by atoms with Crippen LogP contribution in [-0.4, -0.2) is 39.7 Å². The summed E-state index contributed by atoms with van der Waals surface area (Å²) in [5.74, 6) is 1.53. The number of nitrogens with zero attached hydrogens (tertiary/aromatic N) is 1. The maximum absolute atomic E-state index is 13.2. The third kappa shape index (κ3) is 4.93. The number of non-ortho nitro benzene ring substituents is 1. The predicted octanol–water partition coefficient (Wildman–Crippen LogP) is 3.66. The smallest absolute Gasteiger partial charge is 0.270 e. The molecule has 0 fully saturated rings. The summed E-state index contributed by atoms with van der Waals surface area (Å²) in [7, 11) is -2.79. The van der Waals surface area contributed by atoms with Gasteiger partial charge in [-0.15, -0.1) is 0 Å². The van der Waals surface area contributed by atoms with Crippen molar-refractivity contribution in [2.45, 2.75) is 11.0 Å². The number of anilines is 2. The van der Waals surface area contributed by atoms with E-state index in [0.29, 0.717) is 17.2 Å². The molecule has 1 aliphatic heterocycles. The summed E-state index contributed by atoms with van der Waals surface area (Å²) in [6.45, 7) is 0.474. The molecule has 0 aliphatic carbocycles. The van der Waals surface area contributed by atoms with E-state index in [1.54, 1.807) is 30.3 Å². The fraction of sp³-hybridized carbons (Fsp3) is 0.182. The Labute approximate surface area is 190 Å². The van der Waals surface area contributed by atoms with Gasteiger partial charge in [0.15, 0.2) is 11.5 Å². The van der Waals surface area contributed by atoms with Gasteiger partial charge in [-0.3, -0.25) is 14.8 Å². The molecule has 0 spiro atoms. The van der Waals surface area contributed by atoms with Crippen molar-refractivity contribution in [2.75, 3.05) is 30.3 Å². The Balaban J connectivity index is 1.59. The summed E-state index contributed by atoms with van der Waals surface area (Å²) < 4.78 is 45.6. The van der Waals surface area contributed by atoms with Gasteiger partial charge in [0, 0.05) is 12.1 Å². The number of nitrogens with one attached hydrogen (secondary N) is 2. The first-order chi connectivity index (χ1) is 15.9. The summed E-state index contributed by atoms with van der Waals surface area (Å²) in [6, 6.07) is 17.3. The molecule has 0 bridgehead atoms. The van der Waals surface area contributed by atoms with Gasteiger partial charge >= 0.3 is 0 Å². The molecule has 0 aromatic heterocycles. The summed E-state index contributed by atoms with van der Waals surface area (Å²) in [5.41, 5.74) is 0.0377. The number of benzene rings is 3. The number of fused-ring (bicyclic) bond motifs is 1. The molecule has 3 aromatic rings. The average molecular weight is 471 g/mol. The standard InChI is InChI=1S/C22H21N3O7S/c1-30-19-7-3-2-6-17(19)24-33(28,29)22-12-15(25(26)27)10-11-18(22)23-13-16-14-31-20-8-4-5-9-21(20)32-16/h2-12,16,23-24H,13-14H2,1H3/t16-/m1/s1. The fourth-order valence-electron chi connectivity index (χ4n) is 3.31. The molecule has 172 valence electrons. The van der Waals surface area contributed by atoms with Crippen molar-refractivity contribution >= 4 is 27.1 Å². The number of sulfonamides is 1. The van der Waals surface area contributed by atoms with E-state index >= 15 is 0 Å². The summed E-state index contributed by atoms with van der Waals surface area (Å²) in [5, 5.41) is 14.3. The third-order valence-electron chi connectivity index (χ3n) is 4.90. The molecule has 1 aliphatic rings. The van der Waals surface area contributed by atoms with Crippen LogP contribution in [0, 0.1) is 10.1 Å². The summed E-state index contributed by atoms with van der Waals surface area (Å²) >= 11 is 0. The van der Waals surface area contributed by atoms with Crippen LogP contribution in [0.1, 0.15) is 0 Å². The number of nitro benzene ring substituents is 1. The molecule has 1 atom stereocenters. The minimum Gasteiger partial charge on any atom is -0.495 e. The van der Waals surface area contributed by atoms with Gasteiger partial charge < -0.3 is 19.5 Å². The van der Waals surface area contributed by atoms with E-state index in [4.69, 9.17) is 14.2 Å². The second-order valence-electron chi connectivity index (χ2n) is 7.12. The molecular formula is C22H21N3O7S. The number of hydrogen-bond donors (Lipinski definition) is 2. The number of methoxy groups -OCH3 is 1. The van der Waals surface area contributed by atoms with Crippen molar-refractivity contribution in [3.63, 3.8) is 0 Å². The van der Waals surface area contributed by atoms with E-state index in [0.717, 1.165) is 6.07 Å². The van der Waals surface area contributed by atoms with E-state index in [-0.39, 0.29) is 35.1 Å². The van der Waals surface area contributed by atoms with Crippen LogP contribution in [0.5, 0.6) is 17.2 Å². The highest BCUT2D eigenvalue weighted by Gasteiger charge is 2.26. The normalized spacial score (nSPS) is 14.9. The number of hydrogen-bond acceptors (Lipinski definition) is 8. The largest absolute Gasteiger partial charge is 0.495 e. The zero-order valence-electron chi connectivity index (χ0n) is 17.6. The van der Waals surface area contributed by atoms with Crippen LogP contribution in [0.2, 0.25) is 0 Å². The number of ether oxygens (including phenoxy) is 3. The Hall–Kier alpha value is -3.99. The lowest BCUT2D eigenvalue weighted by Gasteiger charge is -2.27. The molecule has 0 radical (unpaired) electrons. The molecule has 0 saturated heterocycles. The highest BCUT2D eigenvalue weighted by molar-refractivity contribution is 7.93. The SMILES string of the molecule is COc1ccccc1NS(=O)(=O)c1cc([N+](=O)[O-])ccc1NC[C@@H]1COc2ccccc2O1. The van der Waals surface area contributed by atoms with Gasteiger partial charge in [-0.25, -0.2) is 8.42 Å². The highest BCUT2D eigenvalue weighted by Crippen LogP contribution is 2.33. The Kier molecular flexibility index (Phi) is 6.22. The molecular weight excluding hydrogens is 450 g/mol. The lowest BCUT2D eigenvalue weighted by Crippen LogP contribution is -2.35. The number of nitro groups is 1. The Morgan fingerprint density at radius 1 is 1.06 bits per heavy atom. The minimum absolute atomic E-state index is 0.186. The highest BCUT2D eigenvalue weighted by atomic mass is 32.2. The molecule has 0 saturated carbocycles. The first-order valence-electron chi connectivity index (χ1n) is 9.94. The molecule has 0 unspecified atom stereocenters. The molecule has 10 nitrogen and oxygen atoms in total. The summed E-state index contributed by atoms with van der Waals surface area (Å²) in [4.78, 5) is 10.4. The average Bonchev–Trinajstić information content (AvgIpc) is 2.82. The molecule has 2 N–H and O–H groups in total. The predicted molar refractivity (Wildman–Crippen MR) is 122 cm³/mol. The van der Waals surface area contributed by atoms with Gasteiger partial charge in [0.2, 0.25) is 0 Å². The van der Waals surface area contributed by atoms with Crippen molar-refractivity contribution < 1.29 is 27.6 Å². The first-order valence-corrected chi connectivity index (χ1v) is 11.4. The van der Waals surface area contributed by atoms with Gasteiger partial charge in [0.1, 0.15) is 23.4 Å². The van der Waals surface area contributed by atoms with Crippen molar-refractivity contribution in [1.29, 1.82) is 0 Å². The zero-order valence-corrected chi connectivity index (χ0v) is 18.4. The van der Waals surface area contributed by atoms with Gasteiger partial charge in [-0.1, -0.05) is 24.3 Å². The zero-order chi connectivity index (χ0) is 23.4. The number of rotatable bonds is 8. The first kappa shape index (κ1) is 22.2. The maximum Gasteiger partial charge on any atom is 0.270 e. The molecule has 3 aromatic carbocycles. The monoisotopic (exact) mass is 471 g/mol. The van der Waals surface area contributed by atoms with E-state index in [9.17, 15) is 18.5 Å². The summed E-state index contributed by atoms with van der Waals surface area (Å²) in [6.07, 6.45) is -0.396. The van der Waals surface area contributed by atoms with E-state index in [1.165, 1.54) is 25.3 Å². The Morgan fingerprint density at radius 2 is 1.79 bits per heavy atom. The van der Waals surface area contributed by atoms with Crippen LogP contribution in [0.4, 0.5) is 17.1 Å². The van der Waals surface area contributed by atoms with E-state index < -0.39 is 21.1 Å². The van der Waals surface area contributed by atoms with Crippen LogP contribution in [-0.2, 0) is 10.0 Å². The third-order valence-corrected chi connectivity index (χ3v) is 6.31. The van der Waals surface area contributed by atoms with Crippen LogP contribution in [0.15, 0.2) is 71.6 Å². The lowest BCUT2D eigenvalue weighted by molar-refractivity contribution is -0.385. The van der Waals surface area contributed by atoms with E-state index in [1.807, 2.05) is 12.1 Å². The maximum atomic E-state index is 13.2. The van der Waals surface area contributed by atoms with Gasteiger partial charge in [-0.2, -0.15) is 0 Å².